The smallest absolute Gasteiger partial charge is 0.394 e. The summed E-state index contributed by atoms with van der Waals surface area (Å²) in [4.78, 5) is 0. The molecule has 15 atom stereocenters. The number of hydrogen-bond acceptors (Lipinski definition) is 18. The molecule has 3 rings (SSSR count). The van der Waals surface area contributed by atoms with Gasteiger partial charge >= 0.3 is 20.8 Å². The standard InChI is InChI=1S/C20H36O20S2/c1-6-8(4-34-20-15(26)17(40-42(31,32)33)11(22)7(2)37-20)16(39-41(28,29)30)14(25)19(36-6)35-5-9-12(23)10(3-21)38-18(27)13(9)24/h6-27H,3-5H2,1-2H3,(H,28,29,30)(H,31,32,33)/t6?,7?,8-,9?,10?,11-,12+,13?,14?,15?,16?,17?,18?,19+,20+/m0/s1. The van der Waals surface area contributed by atoms with Gasteiger partial charge < -0.3 is 59.4 Å². The molecule has 0 aromatic heterocycles. The summed E-state index contributed by atoms with van der Waals surface area (Å²) in [6.45, 7) is 0.659. The first-order valence-corrected chi connectivity index (χ1v) is 15.3. The molecule has 0 saturated carbocycles. The molecule has 0 spiro atoms. The maximum atomic E-state index is 11.6. The van der Waals surface area contributed by atoms with Crippen LogP contribution in [0.3, 0.4) is 0 Å². The van der Waals surface area contributed by atoms with E-state index in [-0.39, 0.29) is 0 Å². The number of aliphatic hydroxyl groups excluding tert-OH is 7. The van der Waals surface area contributed by atoms with Crippen LogP contribution in [0.5, 0.6) is 0 Å². The molecule has 0 amide bonds. The molecule has 0 bridgehead atoms. The van der Waals surface area contributed by atoms with Crippen LogP contribution in [0.2, 0.25) is 0 Å². The molecule has 0 aliphatic carbocycles. The van der Waals surface area contributed by atoms with Crippen LogP contribution < -0.4 is 0 Å². The summed E-state index contributed by atoms with van der Waals surface area (Å²) in [6, 6.07) is 0. The minimum Gasteiger partial charge on any atom is -0.394 e. The summed E-state index contributed by atoms with van der Waals surface area (Å²) in [5, 5.41) is 71.1. The van der Waals surface area contributed by atoms with Crippen molar-refractivity contribution in [2.75, 3.05) is 19.8 Å². The van der Waals surface area contributed by atoms with E-state index in [1.165, 1.54) is 13.8 Å². The van der Waals surface area contributed by atoms with E-state index in [2.05, 4.69) is 8.37 Å². The van der Waals surface area contributed by atoms with Crippen LogP contribution in [0.15, 0.2) is 0 Å². The fourth-order valence-electron chi connectivity index (χ4n) is 4.88. The van der Waals surface area contributed by atoms with Crippen LogP contribution in [-0.4, -0.2) is 161 Å². The molecule has 3 saturated heterocycles. The highest BCUT2D eigenvalue weighted by Gasteiger charge is 2.51. The van der Waals surface area contributed by atoms with Crippen LogP contribution in [0, 0.1) is 11.8 Å². The van der Waals surface area contributed by atoms with Crippen LogP contribution >= 0.6 is 0 Å². The lowest BCUT2D eigenvalue weighted by atomic mass is 9.89. The molecule has 0 aromatic rings. The third-order valence-electron chi connectivity index (χ3n) is 7.19. The Morgan fingerprint density at radius 1 is 0.619 bits per heavy atom. The van der Waals surface area contributed by atoms with E-state index in [0.717, 1.165) is 0 Å². The van der Waals surface area contributed by atoms with E-state index in [1.54, 1.807) is 0 Å². The summed E-state index contributed by atoms with van der Waals surface area (Å²) in [5.41, 5.74) is 0. The van der Waals surface area contributed by atoms with Gasteiger partial charge in [0.25, 0.3) is 0 Å². The molecule has 20 nitrogen and oxygen atoms in total. The van der Waals surface area contributed by atoms with Gasteiger partial charge in [0.1, 0.15) is 42.7 Å². The average molecular weight is 661 g/mol. The molecule has 42 heavy (non-hydrogen) atoms. The molecular formula is C20H36O20S2. The Labute approximate surface area is 240 Å². The molecular weight excluding hydrogens is 624 g/mol. The van der Waals surface area contributed by atoms with Crippen LogP contribution in [0.1, 0.15) is 13.8 Å². The number of ether oxygens (including phenoxy) is 5. The fourth-order valence-corrected chi connectivity index (χ4v) is 5.93. The molecule has 10 unspecified atom stereocenters. The summed E-state index contributed by atoms with van der Waals surface area (Å²) in [6.07, 6.45) is -21.5. The van der Waals surface area contributed by atoms with Gasteiger partial charge in [-0.05, 0) is 13.8 Å². The Kier molecular flexibility index (Phi) is 12.0. The van der Waals surface area contributed by atoms with E-state index in [4.69, 9.17) is 28.2 Å². The van der Waals surface area contributed by atoms with Gasteiger partial charge in [-0.1, -0.05) is 0 Å². The fraction of sp³-hybridized carbons (Fsp3) is 1.00. The molecule has 0 radical (unpaired) electrons. The second kappa shape index (κ2) is 14.1. The van der Waals surface area contributed by atoms with Crippen molar-refractivity contribution in [1.29, 1.82) is 0 Å². The van der Waals surface area contributed by atoms with Crippen molar-refractivity contribution < 1.29 is 93.7 Å². The van der Waals surface area contributed by atoms with E-state index in [9.17, 15) is 57.1 Å². The van der Waals surface area contributed by atoms with E-state index < -0.39 is 132 Å². The van der Waals surface area contributed by atoms with Crippen molar-refractivity contribution in [3.8, 4) is 0 Å². The van der Waals surface area contributed by atoms with Crippen molar-refractivity contribution in [2.45, 2.75) is 93.8 Å². The minimum absolute atomic E-state index is 0.606. The Morgan fingerprint density at radius 2 is 1.10 bits per heavy atom. The maximum absolute atomic E-state index is 11.6. The minimum atomic E-state index is -5.22. The van der Waals surface area contributed by atoms with Gasteiger partial charge in [0.2, 0.25) is 0 Å². The van der Waals surface area contributed by atoms with E-state index in [0.29, 0.717) is 0 Å². The van der Waals surface area contributed by atoms with E-state index in [1.807, 2.05) is 0 Å². The van der Waals surface area contributed by atoms with E-state index >= 15 is 0 Å². The summed E-state index contributed by atoms with van der Waals surface area (Å²) >= 11 is 0. The molecule has 3 fully saturated rings. The summed E-state index contributed by atoms with van der Waals surface area (Å²) < 4.78 is 99.4. The predicted octanol–water partition coefficient (Wildman–Crippen LogP) is -5.37. The highest BCUT2D eigenvalue weighted by Crippen LogP contribution is 2.34. The first-order chi connectivity index (χ1) is 19.3. The molecule has 9 N–H and O–H groups in total. The predicted molar refractivity (Wildman–Crippen MR) is 128 cm³/mol. The molecule has 3 aliphatic rings. The lowest BCUT2D eigenvalue weighted by Gasteiger charge is -2.45. The normalized spacial score (nSPS) is 45.5. The highest BCUT2D eigenvalue weighted by molar-refractivity contribution is 7.81. The SMILES string of the molecule is CC1O[C@@H](OC[C@H]2C(C)O[C@@H](OCC3C(O)C(O)OC(CO)[C@@H]3O)C(O)C2OS(=O)(=O)O)C(O)C(OS(=O)(=O)O)[C@H]1O. The Hall–Kier alpha value is -0.740. The molecule has 22 heteroatoms. The zero-order valence-electron chi connectivity index (χ0n) is 22.1. The van der Waals surface area contributed by atoms with Crippen LogP contribution in [-0.2, 0) is 52.8 Å². The third-order valence-corrected chi connectivity index (χ3v) is 8.12. The van der Waals surface area contributed by atoms with Gasteiger partial charge in [-0.2, -0.15) is 16.8 Å². The number of rotatable bonds is 11. The van der Waals surface area contributed by atoms with Gasteiger partial charge in [0.05, 0.1) is 38.1 Å². The second-order valence-electron chi connectivity index (χ2n) is 10.1. The van der Waals surface area contributed by atoms with Crippen molar-refractivity contribution in [3.63, 3.8) is 0 Å². The molecule has 3 aliphatic heterocycles. The van der Waals surface area contributed by atoms with Gasteiger partial charge in [-0.25, -0.2) is 8.37 Å². The zero-order chi connectivity index (χ0) is 31.7. The van der Waals surface area contributed by atoms with Crippen LogP contribution in [0.25, 0.3) is 0 Å². The Bertz CT molecular complexity index is 1090. The Balaban J connectivity index is 1.73. The molecule has 3 heterocycles. The molecule has 0 aromatic carbocycles. The monoisotopic (exact) mass is 660 g/mol. The maximum Gasteiger partial charge on any atom is 0.397 e. The lowest BCUT2D eigenvalue weighted by Crippen LogP contribution is -2.61. The second-order valence-corrected chi connectivity index (χ2v) is 12.2. The first-order valence-electron chi connectivity index (χ1n) is 12.5. The average Bonchev–Trinajstić information content (AvgIpc) is 2.87. The van der Waals surface area contributed by atoms with Crippen molar-refractivity contribution in [3.05, 3.63) is 0 Å². The summed E-state index contributed by atoms with van der Waals surface area (Å²) in [5.74, 6) is -2.53. The van der Waals surface area contributed by atoms with Gasteiger partial charge in [-0.15, -0.1) is 0 Å². The Morgan fingerprint density at radius 3 is 1.62 bits per heavy atom. The number of hydrogen-bond donors (Lipinski definition) is 9. The molecule has 248 valence electrons. The highest BCUT2D eigenvalue weighted by atomic mass is 32.3. The first kappa shape index (κ1) is 35.7. The van der Waals surface area contributed by atoms with Gasteiger partial charge in [-0.3, -0.25) is 9.11 Å². The van der Waals surface area contributed by atoms with Crippen molar-refractivity contribution in [1.82, 2.24) is 0 Å². The van der Waals surface area contributed by atoms with Gasteiger partial charge in [0, 0.05) is 11.8 Å². The zero-order valence-corrected chi connectivity index (χ0v) is 23.7. The number of aliphatic hydroxyl groups is 7. The topological polar surface area (TPSA) is 315 Å². The third kappa shape index (κ3) is 8.70. The van der Waals surface area contributed by atoms with Crippen LogP contribution in [0.4, 0.5) is 0 Å². The van der Waals surface area contributed by atoms with Crippen molar-refractivity contribution in [2.24, 2.45) is 11.8 Å². The van der Waals surface area contributed by atoms with Gasteiger partial charge in [0.15, 0.2) is 18.9 Å². The summed E-state index contributed by atoms with van der Waals surface area (Å²) in [7, 11) is -10.3. The largest absolute Gasteiger partial charge is 0.397 e. The van der Waals surface area contributed by atoms with Crippen molar-refractivity contribution >= 4 is 20.8 Å². The lowest BCUT2D eigenvalue weighted by molar-refractivity contribution is -0.320. The quantitative estimate of drug-likeness (QED) is 0.0934.